The molecular formula is C27H31N9O8S2. The zero-order chi connectivity index (χ0) is 33.3. The maximum atomic E-state index is 13.9. The number of fused-ring (bicyclic) bond motifs is 1. The van der Waals surface area contributed by atoms with Crippen molar-refractivity contribution in [2.24, 2.45) is 5.73 Å². The summed E-state index contributed by atoms with van der Waals surface area (Å²) in [6, 6.07) is 1.33. The third-order valence-corrected chi connectivity index (χ3v) is 9.25. The summed E-state index contributed by atoms with van der Waals surface area (Å²) in [5, 5.41) is 26.6. The highest BCUT2D eigenvalue weighted by Gasteiger charge is 2.55. The first-order valence-corrected chi connectivity index (χ1v) is 15.8. The van der Waals surface area contributed by atoms with Gasteiger partial charge >= 0.3 is 12.0 Å². The summed E-state index contributed by atoms with van der Waals surface area (Å²) in [5.41, 5.74) is 7.91. The third kappa shape index (κ3) is 6.56. The Morgan fingerprint density at radius 1 is 1.26 bits per heavy atom. The minimum Gasteiger partial charge on any atom is -0.508 e. The van der Waals surface area contributed by atoms with E-state index in [4.69, 9.17) is 10.6 Å². The number of aromatic amines is 1. The summed E-state index contributed by atoms with van der Waals surface area (Å²) in [7, 11) is 1.66. The summed E-state index contributed by atoms with van der Waals surface area (Å²) in [4.78, 5) is 79.5. The highest BCUT2D eigenvalue weighted by Crippen LogP contribution is 2.42. The maximum Gasteiger partial charge on any atom is 0.352 e. The topological polar surface area (TPSA) is 236 Å². The van der Waals surface area contributed by atoms with Crippen LogP contribution in [0.1, 0.15) is 25.5 Å². The van der Waals surface area contributed by atoms with E-state index in [9.17, 15) is 34.2 Å². The molecule has 1 saturated heterocycles. The Morgan fingerprint density at radius 2 is 1.98 bits per heavy atom. The van der Waals surface area contributed by atoms with Gasteiger partial charge in [-0.15, -0.1) is 11.8 Å². The molecule has 5 rings (SSSR count). The number of primary amides is 1. The number of carbonyl (C=O) groups is 4. The minimum atomic E-state index is -1.58. The van der Waals surface area contributed by atoms with Crippen molar-refractivity contribution < 1.29 is 34.2 Å². The molecule has 19 heteroatoms. The second kappa shape index (κ2) is 13.2. The van der Waals surface area contributed by atoms with Gasteiger partial charge < -0.3 is 31.4 Å². The number of aliphatic carboxylic acids is 1. The molecule has 1 fully saturated rings. The fourth-order valence-electron chi connectivity index (χ4n) is 4.95. The summed E-state index contributed by atoms with van der Waals surface area (Å²) < 4.78 is 0. The monoisotopic (exact) mass is 673 g/mol. The van der Waals surface area contributed by atoms with Gasteiger partial charge in [-0.25, -0.2) is 14.6 Å². The van der Waals surface area contributed by atoms with Crippen LogP contribution in [0.15, 0.2) is 57.8 Å². The molecule has 17 nitrogen and oxygen atoms in total. The van der Waals surface area contributed by atoms with Crippen molar-refractivity contribution in [3.8, 4) is 5.75 Å². The van der Waals surface area contributed by atoms with E-state index < -0.39 is 46.8 Å². The lowest BCUT2D eigenvalue weighted by atomic mass is 10.00. The van der Waals surface area contributed by atoms with Crippen LogP contribution in [0.4, 0.5) is 16.4 Å². The number of nitrogens with zero attached hydrogens (tertiary/aromatic N) is 4. The normalized spacial score (nSPS) is 19.8. The molecular weight excluding hydrogens is 642 g/mol. The van der Waals surface area contributed by atoms with E-state index in [0.29, 0.717) is 10.7 Å². The van der Waals surface area contributed by atoms with Crippen LogP contribution in [0.2, 0.25) is 0 Å². The summed E-state index contributed by atoms with van der Waals surface area (Å²) in [6.45, 7) is 3.66. The first-order chi connectivity index (χ1) is 21.8. The van der Waals surface area contributed by atoms with Gasteiger partial charge in [0.15, 0.2) is 0 Å². The van der Waals surface area contributed by atoms with Crippen molar-refractivity contribution in [2.45, 2.75) is 37.3 Å². The number of hydrazine groups is 1. The first-order valence-electron chi connectivity index (χ1n) is 13.8. The van der Waals surface area contributed by atoms with Crippen LogP contribution >= 0.6 is 23.5 Å². The molecule has 1 aromatic carbocycles. The summed E-state index contributed by atoms with van der Waals surface area (Å²) >= 11 is 2.52. The minimum absolute atomic E-state index is 0.0710. The van der Waals surface area contributed by atoms with Gasteiger partial charge in [-0.05, 0) is 37.1 Å². The van der Waals surface area contributed by atoms with Gasteiger partial charge in [0.05, 0.1) is 12.4 Å². The lowest BCUT2D eigenvalue weighted by Gasteiger charge is -2.49. The quantitative estimate of drug-likeness (QED) is 0.162. The smallest absolute Gasteiger partial charge is 0.352 e. The number of aromatic nitrogens is 2. The highest BCUT2D eigenvalue weighted by molar-refractivity contribution is 8.03. The molecule has 46 heavy (non-hydrogen) atoms. The number of amides is 4. The predicted octanol–water partition coefficient (Wildman–Crippen LogP) is 0.575. The number of phenolic OH excluding ortho intramolecular Hbond substituents is 1. The van der Waals surface area contributed by atoms with Gasteiger partial charge in [-0.2, -0.15) is 0 Å². The van der Waals surface area contributed by atoms with Crippen molar-refractivity contribution in [3.05, 3.63) is 68.9 Å². The van der Waals surface area contributed by atoms with Crippen molar-refractivity contribution in [1.29, 1.82) is 0 Å². The van der Waals surface area contributed by atoms with Crippen LogP contribution in [-0.4, -0.2) is 90.1 Å². The van der Waals surface area contributed by atoms with Crippen LogP contribution in [-0.2, 0) is 19.2 Å². The molecule has 1 aromatic heterocycles. The molecule has 8 N–H and O–H groups in total. The molecule has 0 aliphatic carbocycles. The van der Waals surface area contributed by atoms with Gasteiger partial charge in [0.1, 0.15) is 34.6 Å². The number of urea groups is 1. The molecule has 4 amide bonds. The van der Waals surface area contributed by atoms with E-state index in [1.807, 2.05) is 13.8 Å². The van der Waals surface area contributed by atoms with Gasteiger partial charge in [0, 0.05) is 24.6 Å². The Balaban J connectivity index is 1.41. The molecule has 0 spiro atoms. The van der Waals surface area contributed by atoms with Crippen LogP contribution in [0.3, 0.4) is 0 Å². The van der Waals surface area contributed by atoms with Crippen LogP contribution in [0.25, 0.3) is 0 Å². The number of hydroxylamine groups is 1. The first kappa shape index (κ1) is 32.5. The number of anilines is 2. The SMILES string of the molecule is CC(C)Nc1ncc(N(C(N)=O)C(C(=O)NC2C(=O)N3C(C(=O)O)=C(CSC4=CNN(C)O4)CS[C@@H]23)c2ccc(O)cc2)c(=O)[nH]1. The lowest BCUT2D eigenvalue weighted by molar-refractivity contribution is -0.150. The standard InChI is InChI=1S/C27H31N9O8S2/c1-12(2)31-27-29-8-16(21(38)33-27)35(26(28)43)19(13-4-6-15(37)7-5-13)22(39)32-18-23(40)36-20(25(41)42)14(11-46-24(18)36)10-45-17-9-30-34(3)44-17/h4-9,12,18-19,24,30,37H,10-11H2,1-3H3,(H2,28,43)(H,32,39)(H,41,42)(H2,29,31,33,38)/t18?,19?,24-/m0/s1. The number of benzene rings is 1. The number of H-pyrrole nitrogens is 1. The van der Waals surface area contributed by atoms with E-state index >= 15 is 0 Å². The Bertz CT molecular complexity index is 1680. The number of nitrogens with two attached hydrogens (primary N) is 1. The second-order valence-electron chi connectivity index (χ2n) is 10.6. The Morgan fingerprint density at radius 3 is 2.57 bits per heavy atom. The maximum absolute atomic E-state index is 13.9. The molecule has 244 valence electrons. The number of aromatic hydroxyl groups is 1. The number of β-lactam (4-membered cyclic amide) rings is 1. The van der Waals surface area contributed by atoms with Gasteiger partial charge in [-0.3, -0.25) is 34.6 Å². The third-order valence-electron chi connectivity index (χ3n) is 6.95. The highest BCUT2D eigenvalue weighted by atomic mass is 32.2. The van der Waals surface area contributed by atoms with Crippen LogP contribution in [0, 0.1) is 0 Å². The Kier molecular flexibility index (Phi) is 9.35. The summed E-state index contributed by atoms with van der Waals surface area (Å²) in [5.74, 6) is -2.32. The molecule has 2 unspecified atom stereocenters. The fourth-order valence-corrected chi connectivity index (χ4v) is 7.28. The number of hydrogen-bond donors (Lipinski definition) is 7. The number of hydrogen-bond acceptors (Lipinski definition) is 13. The van der Waals surface area contributed by atoms with E-state index in [1.54, 1.807) is 13.2 Å². The lowest BCUT2D eigenvalue weighted by Crippen LogP contribution is -2.71. The van der Waals surface area contributed by atoms with Crippen LogP contribution in [0.5, 0.6) is 5.75 Å². The van der Waals surface area contributed by atoms with E-state index in [2.05, 4.69) is 26.0 Å². The van der Waals surface area contributed by atoms with E-state index in [0.717, 1.165) is 16.0 Å². The largest absolute Gasteiger partial charge is 0.508 e. The van der Waals surface area contributed by atoms with Crippen molar-refractivity contribution >= 4 is 59.0 Å². The fraction of sp³-hybridized carbons (Fsp3) is 0.333. The average Bonchev–Trinajstić information content (AvgIpc) is 3.42. The number of thioether (sulfide) groups is 2. The molecule has 4 heterocycles. The predicted molar refractivity (Wildman–Crippen MR) is 169 cm³/mol. The van der Waals surface area contributed by atoms with Crippen molar-refractivity contribution in [3.63, 3.8) is 0 Å². The van der Waals surface area contributed by atoms with Crippen molar-refractivity contribution in [2.75, 3.05) is 28.8 Å². The number of carboxylic acid groups (broad SMARTS) is 1. The molecule has 3 aliphatic rings. The van der Waals surface area contributed by atoms with Crippen molar-refractivity contribution in [1.82, 2.24) is 30.8 Å². The van der Waals surface area contributed by atoms with Gasteiger partial charge in [0.25, 0.3) is 11.5 Å². The zero-order valence-electron chi connectivity index (χ0n) is 24.7. The number of phenols is 1. The Hall–Kier alpha value is -4.88. The Labute approximate surface area is 270 Å². The zero-order valence-corrected chi connectivity index (χ0v) is 26.3. The number of nitrogens with one attached hydrogen (secondary N) is 4. The van der Waals surface area contributed by atoms with Crippen LogP contribution < -0.4 is 32.3 Å². The number of carbonyl (C=O) groups excluding carboxylic acids is 3. The summed E-state index contributed by atoms with van der Waals surface area (Å²) in [6.07, 6.45) is 2.71. The van der Waals surface area contributed by atoms with Gasteiger partial charge in [0.2, 0.25) is 16.9 Å². The molecule has 0 bridgehead atoms. The molecule has 2 aromatic rings. The second-order valence-corrected chi connectivity index (χ2v) is 12.7. The number of rotatable bonds is 11. The van der Waals surface area contributed by atoms with E-state index in [-0.39, 0.29) is 46.2 Å². The van der Waals surface area contributed by atoms with E-state index in [1.165, 1.54) is 53.0 Å². The van der Waals surface area contributed by atoms with Gasteiger partial charge in [-0.1, -0.05) is 29.1 Å². The molecule has 0 radical (unpaired) electrons. The number of carboxylic acids is 1. The average molecular weight is 674 g/mol. The molecule has 3 atom stereocenters. The molecule has 3 aliphatic heterocycles. The molecule has 0 saturated carbocycles.